The minimum absolute atomic E-state index is 0.968. The number of hydrogen-bond donors (Lipinski definition) is 0. The number of aromatic nitrogens is 1. The average Bonchev–Trinajstić information content (AvgIpc) is 2.84. The van der Waals surface area contributed by atoms with Crippen molar-refractivity contribution in [2.75, 3.05) is 18.5 Å². The van der Waals surface area contributed by atoms with Crippen LogP contribution in [-0.2, 0) is 0 Å². The van der Waals surface area contributed by atoms with Crippen molar-refractivity contribution in [3.63, 3.8) is 0 Å². The molecule has 0 atom stereocenters. The predicted octanol–water partition coefficient (Wildman–Crippen LogP) is 4.09. The van der Waals surface area contributed by atoms with Gasteiger partial charge < -0.3 is 9.47 Å². The molecule has 98 valence electrons. The Labute approximate surface area is 118 Å². The van der Waals surface area contributed by atoms with E-state index in [9.17, 15) is 0 Å². The maximum absolute atomic E-state index is 2.34. The van der Waals surface area contributed by atoms with Crippen molar-refractivity contribution in [1.29, 1.82) is 0 Å². The van der Waals surface area contributed by atoms with Crippen LogP contribution in [0.25, 0.3) is 22.7 Å². The topological polar surface area (TPSA) is 8.17 Å². The molecule has 0 saturated heterocycles. The summed E-state index contributed by atoms with van der Waals surface area (Å²) in [6.07, 6.45) is 4.46. The van der Waals surface area contributed by atoms with Crippen LogP contribution in [0.1, 0.15) is 5.69 Å². The first-order chi connectivity index (χ1) is 9.86. The van der Waals surface area contributed by atoms with Crippen molar-refractivity contribution in [1.82, 2.24) is 4.57 Å². The van der Waals surface area contributed by atoms with E-state index in [4.69, 9.17) is 0 Å². The third-order valence-electron chi connectivity index (χ3n) is 3.93. The fourth-order valence-electron chi connectivity index (χ4n) is 3.07. The van der Waals surface area contributed by atoms with Gasteiger partial charge in [0.2, 0.25) is 0 Å². The molecule has 3 aromatic rings. The molecule has 1 aliphatic heterocycles. The second kappa shape index (κ2) is 4.27. The van der Waals surface area contributed by atoms with E-state index in [1.165, 1.54) is 28.0 Å². The molecule has 0 radical (unpaired) electrons. The van der Waals surface area contributed by atoms with E-state index in [1.54, 1.807) is 0 Å². The van der Waals surface area contributed by atoms with E-state index in [0.717, 1.165) is 6.54 Å². The summed E-state index contributed by atoms with van der Waals surface area (Å²) in [4.78, 5) is 2.32. The fraction of sp³-hybridized carbons (Fsp3) is 0.111. The van der Waals surface area contributed by atoms with Gasteiger partial charge in [0.25, 0.3) is 0 Å². The second-order valence-electron chi connectivity index (χ2n) is 5.20. The predicted molar refractivity (Wildman–Crippen MR) is 85.6 cm³/mol. The second-order valence-corrected chi connectivity index (χ2v) is 5.20. The van der Waals surface area contributed by atoms with Crippen molar-refractivity contribution in [2.24, 2.45) is 0 Å². The van der Waals surface area contributed by atoms with E-state index >= 15 is 0 Å². The summed E-state index contributed by atoms with van der Waals surface area (Å²) in [7, 11) is 2.16. The Balaban J connectivity index is 2.14. The molecule has 0 fully saturated rings. The van der Waals surface area contributed by atoms with E-state index in [-0.39, 0.29) is 0 Å². The molecule has 0 bridgehead atoms. The lowest BCUT2D eigenvalue weighted by Gasteiger charge is -2.22. The zero-order valence-corrected chi connectivity index (χ0v) is 11.5. The maximum atomic E-state index is 2.34. The molecule has 2 aromatic carbocycles. The van der Waals surface area contributed by atoms with Crippen LogP contribution in [0.15, 0.2) is 60.7 Å². The fourth-order valence-corrected chi connectivity index (χ4v) is 3.07. The highest BCUT2D eigenvalue weighted by molar-refractivity contribution is 6.00. The summed E-state index contributed by atoms with van der Waals surface area (Å²) >= 11 is 0. The normalized spacial score (nSPS) is 13.8. The summed E-state index contributed by atoms with van der Waals surface area (Å²) in [5.74, 6) is 0. The Morgan fingerprint density at radius 3 is 2.50 bits per heavy atom. The Bertz CT molecular complexity index is 797. The van der Waals surface area contributed by atoms with Crippen LogP contribution in [0.2, 0.25) is 0 Å². The Hall–Kier alpha value is -2.48. The number of hydrogen-bond acceptors (Lipinski definition) is 1. The first kappa shape index (κ1) is 11.4. The molecule has 1 aromatic heterocycles. The van der Waals surface area contributed by atoms with Crippen molar-refractivity contribution in [2.45, 2.75) is 0 Å². The lowest BCUT2D eigenvalue weighted by Crippen LogP contribution is -2.20. The quantitative estimate of drug-likeness (QED) is 0.639. The standard InChI is InChI=1S/C18H16N2/c1-19-13-7-12-17-18(19)15-10-5-6-11-16(15)20(17)14-8-3-2-4-9-14/h2-12H,13H2,1H3. The molecule has 2 heterocycles. The van der Waals surface area contributed by atoms with Gasteiger partial charge in [-0.05, 0) is 24.3 Å². The van der Waals surface area contributed by atoms with Gasteiger partial charge in [0.05, 0.1) is 16.9 Å². The van der Waals surface area contributed by atoms with E-state index < -0.39 is 0 Å². The zero-order valence-electron chi connectivity index (χ0n) is 11.5. The molecule has 0 N–H and O–H groups in total. The number of likely N-dealkylation sites (N-methyl/N-ethyl adjacent to an activating group) is 1. The molecular formula is C18H16N2. The molecule has 2 nitrogen and oxygen atoms in total. The zero-order chi connectivity index (χ0) is 13.5. The lowest BCUT2D eigenvalue weighted by atomic mass is 10.1. The molecule has 0 amide bonds. The third-order valence-corrected chi connectivity index (χ3v) is 3.93. The SMILES string of the molecule is CN1CC=Cc2c1c1ccccc1n2-c1ccccc1. The van der Waals surface area contributed by atoms with Gasteiger partial charge in [0, 0.05) is 24.7 Å². The van der Waals surface area contributed by atoms with E-state index in [2.05, 4.69) is 83.3 Å². The van der Waals surface area contributed by atoms with Crippen molar-refractivity contribution >= 4 is 22.7 Å². The highest BCUT2D eigenvalue weighted by atomic mass is 15.1. The van der Waals surface area contributed by atoms with Crippen LogP contribution in [0.5, 0.6) is 0 Å². The summed E-state index contributed by atoms with van der Waals surface area (Å²) in [6, 6.07) is 19.2. The van der Waals surface area contributed by atoms with Gasteiger partial charge in [0.15, 0.2) is 0 Å². The lowest BCUT2D eigenvalue weighted by molar-refractivity contribution is 1.000. The minimum atomic E-state index is 0.968. The number of anilines is 1. The molecule has 4 rings (SSSR count). The third kappa shape index (κ3) is 1.51. The molecule has 0 unspecified atom stereocenters. The van der Waals surface area contributed by atoms with E-state index in [0.29, 0.717) is 0 Å². The Morgan fingerprint density at radius 2 is 1.65 bits per heavy atom. The summed E-state index contributed by atoms with van der Waals surface area (Å²) in [5.41, 5.74) is 5.07. The molecule has 0 saturated carbocycles. The van der Waals surface area contributed by atoms with Crippen molar-refractivity contribution in [3.05, 3.63) is 66.4 Å². The van der Waals surface area contributed by atoms with Gasteiger partial charge in [-0.15, -0.1) is 0 Å². The van der Waals surface area contributed by atoms with Gasteiger partial charge in [-0.1, -0.05) is 42.5 Å². The van der Waals surface area contributed by atoms with Gasteiger partial charge in [-0.2, -0.15) is 0 Å². The van der Waals surface area contributed by atoms with Gasteiger partial charge >= 0.3 is 0 Å². The minimum Gasteiger partial charge on any atom is -0.369 e. The molecule has 1 aliphatic rings. The maximum Gasteiger partial charge on any atom is 0.0706 e. The van der Waals surface area contributed by atoms with Crippen LogP contribution >= 0.6 is 0 Å². The molecular weight excluding hydrogens is 244 g/mol. The smallest absolute Gasteiger partial charge is 0.0706 e. The van der Waals surface area contributed by atoms with Crippen LogP contribution in [0, 0.1) is 0 Å². The molecule has 0 aliphatic carbocycles. The van der Waals surface area contributed by atoms with E-state index in [1.807, 2.05) is 0 Å². The van der Waals surface area contributed by atoms with Gasteiger partial charge in [-0.3, -0.25) is 0 Å². The monoisotopic (exact) mass is 260 g/mol. The van der Waals surface area contributed by atoms with Crippen LogP contribution in [0.3, 0.4) is 0 Å². The van der Waals surface area contributed by atoms with Crippen LogP contribution in [-0.4, -0.2) is 18.2 Å². The summed E-state index contributed by atoms with van der Waals surface area (Å²) in [5, 5.41) is 1.32. The van der Waals surface area contributed by atoms with Crippen LogP contribution in [0.4, 0.5) is 5.69 Å². The molecule has 0 spiro atoms. The largest absolute Gasteiger partial charge is 0.369 e. The highest BCUT2D eigenvalue weighted by Crippen LogP contribution is 2.38. The number of fused-ring (bicyclic) bond motifs is 3. The van der Waals surface area contributed by atoms with Gasteiger partial charge in [-0.25, -0.2) is 0 Å². The molecule has 2 heteroatoms. The first-order valence-corrected chi connectivity index (χ1v) is 6.93. The average molecular weight is 260 g/mol. The Kier molecular flexibility index (Phi) is 2.43. The highest BCUT2D eigenvalue weighted by Gasteiger charge is 2.20. The van der Waals surface area contributed by atoms with Crippen LogP contribution < -0.4 is 4.90 Å². The summed E-state index contributed by atoms with van der Waals surface area (Å²) in [6.45, 7) is 0.968. The number of nitrogens with zero attached hydrogens (tertiary/aromatic N) is 2. The summed E-state index contributed by atoms with van der Waals surface area (Å²) < 4.78 is 2.34. The van der Waals surface area contributed by atoms with Crippen molar-refractivity contribution < 1.29 is 0 Å². The van der Waals surface area contributed by atoms with Gasteiger partial charge in [0.1, 0.15) is 0 Å². The first-order valence-electron chi connectivity index (χ1n) is 6.93. The molecule has 20 heavy (non-hydrogen) atoms. The number of para-hydroxylation sites is 2. The number of benzene rings is 2. The van der Waals surface area contributed by atoms with Crippen molar-refractivity contribution in [3.8, 4) is 5.69 Å². The number of rotatable bonds is 1. The Morgan fingerprint density at radius 1 is 0.900 bits per heavy atom.